The molecule has 3 N–H and O–H groups in total. The standard InChI is InChI=1S/C16H25N3O3/c1-11(2)22-15-10-13(9-14(20)18-15)16(21)19-7-4-12(3-6-17)5-8-19/h9-12H,3-8,17H2,1-2H3,(H,18,20). The first-order valence-electron chi connectivity index (χ1n) is 7.90. The highest BCUT2D eigenvalue weighted by Crippen LogP contribution is 2.21. The van der Waals surface area contributed by atoms with Crippen LogP contribution in [-0.4, -0.2) is 41.5 Å². The van der Waals surface area contributed by atoms with Crippen molar-refractivity contribution in [3.8, 4) is 5.88 Å². The Hall–Kier alpha value is -1.82. The number of hydrogen-bond donors (Lipinski definition) is 2. The van der Waals surface area contributed by atoms with Gasteiger partial charge in [0.1, 0.15) is 0 Å². The molecule has 0 aromatic carbocycles. The molecule has 0 spiro atoms. The minimum atomic E-state index is -0.320. The van der Waals surface area contributed by atoms with Crippen molar-refractivity contribution < 1.29 is 9.53 Å². The van der Waals surface area contributed by atoms with Gasteiger partial charge in [-0.15, -0.1) is 0 Å². The lowest BCUT2D eigenvalue weighted by Crippen LogP contribution is -2.39. The predicted molar refractivity (Wildman–Crippen MR) is 85.1 cm³/mol. The number of nitrogens with one attached hydrogen (secondary N) is 1. The number of rotatable bonds is 5. The molecular weight excluding hydrogens is 282 g/mol. The lowest BCUT2D eigenvalue weighted by molar-refractivity contribution is 0.0686. The molecule has 1 amide bonds. The molecule has 6 heteroatoms. The van der Waals surface area contributed by atoms with Gasteiger partial charge in [0.05, 0.1) is 11.7 Å². The summed E-state index contributed by atoms with van der Waals surface area (Å²) in [7, 11) is 0. The Bertz CT molecular complexity index is 560. The van der Waals surface area contributed by atoms with Gasteiger partial charge in [-0.3, -0.25) is 14.6 Å². The highest BCUT2D eigenvalue weighted by Gasteiger charge is 2.23. The Morgan fingerprint density at radius 1 is 1.41 bits per heavy atom. The minimum Gasteiger partial charge on any atom is -0.476 e. The van der Waals surface area contributed by atoms with Crippen LogP contribution in [0.25, 0.3) is 0 Å². The summed E-state index contributed by atoms with van der Waals surface area (Å²) < 4.78 is 5.48. The molecule has 1 fully saturated rings. The molecule has 2 heterocycles. The van der Waals surface area contributed by atoms with Gasteiger partial charge in [0, 0.05) is 25.2 Å². The molecule has 1 aromatic heterocycles. The van der Waals surface area contributed by atoms with Crippen LogP contribution in [0.2, 0.25) is 0 Å². The van der Waals surface area contributed by atoms with Gasteiger partial charge >= 0.3 is 0 Å². The summed E-state index contributed by atoms with van der Waals surface area (Å²) >= 11 is 0. The summed E-state index contributed by atoms with van der Waals surface area (Å²) in [6.07, 6.45) is 2.90. The number of H-pyrrole nitrogens is 1. The van der Waals surface area contributed by atoms with Crippen LogP contribution in [0.3, 0.4) is 0 Å². The van der Waals surface area contributed by atoms with E-state index < -0.39 is 0 Å². The molecule has 0 bridgehead atoms. The number of aromatic nitrogens is 1. The van der Waals surface area contributed by atoms with Crippen molar-refractivity contribution in [2.45, 2.75) is 39.2 Å². The number of amides is 1. The fourth-order valence-corrected chi connectivity index (χ4v) is 2.80. The lowest BCUT2D eigenvalue weighted by Gasteiger charge is -2.32. The summed E-state index contributed by atoms with van der Waals surface area (Å²) in [4.78, 5) is 28.6. The molecule has 0 saturated carbocycles. The van der Waals surface area contributed by atoms with Crippen LogP contribution in [0.5, 0.6) is 5.88 Å². The van der Waals surface area contributed by atoms with Gasteiger partial charge in [-0.25, -0.2) is 0 Å². The number of nitrogens with two attached hydrogens (primary N) is 1. The van der Waals surface area contributed by atoms with Gasteiger partial charge < -0.3 is 15.4 Å². The molecule has 0 aliphatic carbocycles. The number of aromatic amines is 1. The zero-order valence-electron chi connectivity index (χ0n) is 13.3. The first-order valence-corrected chi connectivity index (χ1v) is 7.90. The molecule has 1 saturated heterocycles. The van der Waals surface area contributed by atoms with Gasteiger partial charge in [0.2, 0.25) is 0 Å². The normalized spacial score (nSPS) is 16.1. The van der Waals surface area contributed by atoms with Crippen LogP contribution in [0.1, 0.15) is 43.5 Å². The number of pyridine rings is 1. The molecule has 6 nitrogen and oxygen atoms in total. The average Bonchev–Trinajstić information content (AvgIpc) is 2.46. The van der Waals surface area contributed by atoms with Gasteiger partial charge in [-0.05, 0) is 45.6 Å². The molecule has 0 radical (unpaired) electrons. The molecule has 1 aliphatic heterocycles. The number of nitrogens with zero attached hydrogens (tertiary/aromatic N) is 1. The van der Waals surface area contributed by atoms with Crippen LogP contribution in [0.4, 0.5) is 0 Å². The van der Waals surface area contributed by atoms with Crippen molar-refractivity contribution >= 4 is 5.91 Å². The number of hydrogen-bond acceptors (Lipinski definition) is 4. The van der Waals surface area contributed by atoms with E-state index >= 15 is 0 Å². The summed E-state index contributed by atoms with van der Waals surface area (Å²) in [5, 5.41) is 0. The molecule has 1 aliphatic rings. The second-order valence-electron chi connectivity index (χ2n) is 6.08. The maximum atomic E-state index is 12.5. The van der Waals surface area contributed by atoms with Gasteiger partial charge in [0.25, 0.3) is 11.5 Å². The zero-order valence-corrected chi connectivity index (χ0v) is 13.3. The fourth-order valence-electron chi connectivity index (χ4n) is 2.80. The third-order valence-corrected chi connectivity index (χ3v) is 3.91. The SMILES string of the molecule is CC(C)Oc1cc(C(=O)N2CCC(CCN)CC2)cc(=O)[nH]1. The lowest BCUT2D eigenvalue weighted by atomic mass is 9.93. The smallest absolute Gasteiger partial charge is 0.254 e. The summed E-state index contributed by atoms with van der Waals surface area (Å²) in [6.45, 7) is 5.87. The molecular formula is C16H25N3O3. The number of ether oxygens (including phenoxy) is 1. The van der Waals surface area contributed by atoms with Crippen molar-refractivity contribution in [2.75, 3.05) is 19.6 Å². The van der Waals surface area contributed by atoms with Crippen LogP contribution in [-0.2, 0) is 0 Å². The number of carbonyl (C=O) groups excluding carboxylic acids is 1. The number of likely N-dealkylation sites (tertiary alicyclic amines) is 1. The quantitative estimate of drug-likeness (QED) is 0.859. The Morgan fingerprint density at radius 2 is 2.09 bits per heavy atom. The fraction of sp³-hybridized carbons (Fsp3) is 0.625. The van der Waals surface area contributed by atoms with Crippen molar-refractivity contribution in [3.63, 3.8) is 0 Å². The van der Waals surface area contributed by atoms with E-state index in [1.165, 1.54) is 6.07 Å². The first kappa shape index (κ1) is 16.5. The molecule has 0 unspecified atom stereocenters. The monoisotopic (exact) mass is 307 g/mol. The third kappa shape index (κ3) is 4.34. The maximum absolute atomic E-state index is 12.5. The molecule has 22 heavy (non-hydrogen) atoms. The second-order valence-corrected chi connectivity index (χ2v) is 6.08. The summed E-state index contributed by atoms with van der Waals surface area (Å²) in [5.74, 6) is 0.836. The van der Waals surface area contributed by atoms with Crippen molar-refractivity contribution in [1.29, 1.82) is 0 Å². The van der Waals surface area contributed by atoms with Crippen molar-refractivity contribution in [2.24, 2.45) is 11.7 Å². The van der Waals surface area contributed by atoms with E-state index in [9.17, 15) is 9.59 Å². The van der Waals surface area contributed by atoms with Crippen LogP contribution < -0.4 is 16.0 Å². The van der Waals surface area contributed by atoms with E-state index in [-0.39, 0.29) is 17.6 Å². The Balaban J connectivity index is 2.06. The molecule has 122 valence electrons. The van der Waals surface area contributed by atoms with E-state index in [0.29, 0.717) is 23.9 Å². The van der Waals surface area contributed by atoms with Crippen molar-refractivity contribution in [1.82, 2.24) is 9.88 Å². The molecule has 2 rings (SSSR count). The minimum absolute atomic E-state index is 0.0620. The topological polar surface area (TPSA) is 88.4 Å². The highest BCUT2D eigenvalue weighted by atomic mass is 16.5. The average molecular weight is 307 g/mol. The Labute approximate surface area is 130 Å². The van der Waals surface area contributed by atoms with E-state index in [1.807, 2.05) is 13.8 Å². The summed E-state index contributed by atoms with van der Waals surface area (Å²) in [5.41, 5.74) is 5.65. The van der Waals surface area contributed by atoms with Gasteiger partial charge in [-0.2, -0.15) is 0 Å². The van der Waals surface area contributed by atoms with E-state index in [0.717, 1.165) is 32.4 Å². The Kier molecular flexibility index (Phi) is 5.60. The highest BCUT2D eigenvalue weighted by molar-refractivity contribution is 5.94. The number of carbonyl (C=O) groups is 1. The second kappa shape index (κ2) is 7.45. The first-order chi connectivity index (χ1) is 10.5. The van der Waals surface area contributed by atoms with E-state index in [4.69, 9.17) is 10.5 Å². The third-order valence-electron chi connectivity index (χ3n) is 3.91. The molecule has 1 aromatic rings. The number of piperidine rings is 1. The van der Waals surface area contributed by atoms with Crippen molar-refractivity contribution in [3.05, 3.63) is 28.0 Å². The van der Waals surface area contributed by atoms with E-state index in [1.54, 1.807) is 11.0 Å². The Morgan fingerprint density at radius 3 is 2.68 bits per heavy atom. The van der Waals surface area contributed by atoms with Crippen LogP contribution in [0.15, 0.2) is 16.9 Å². The zero-order chi connectivity index (χ0) is 16.1. The predicted octanol–water partition coefficient (Wildman–Crippen LogP) is 1.36. The van der Waals surface area contributed by atoms with Crippen LogP contribution in [0, 0.1) is 5.92 Å². The van der Waals surface area contributed by atoms with Gasteiger partial charge in [0.15, 0.2) is 5.88 Å². The van der Waals surface area contributed by atoms with Gasteiger partial charge in [-0.1, -0.05) is 0 Å². The van der Waals surface area contributed by atoms with Crippen LogP contribution >= 0.6 is 0 Å². The van der Waals surface area contributed by atoms with E-state index in [2.05, 4.69) is 4.98 Å². The largest absolute Gasteiger partial charge is 0.476 e. The molecule has 0 atom stereocenters. The summed E-state index contributed by atoms with van der Waals surface area (Å²) in [6, 6.07) is 2.94. The maximum Gasteiger partial charge on any atom is 0.254 e.